The SMILES string of the molecule is CCC(C)(C)OC(=O)/N=c1\[nH]c(C(O)C(=O)NC2C(=O)N3C(C(=O)O)=C(CSc4nnc(C)s4)CS[C@H]23)cs1. The van der Waals surface area contributed by atoms with Crippen molar-refractivity contribution in [3.8, 4) is 0 Å². The molecule has 2 aliphatic heterocycles. The quantitative estimate of drug-likeness (QED) is 0.239. The monoisotopic (exact) mass is 614 g/mol. The van der Waals surface area contributed by atoms with Crippen LogP contribution in [0.5, 0.6) is 0 Å². The van der Waals surface area contributed by atoms with Crippen LogP contribution in [0.3, 0.4) is 0 Å². The number of nitrogens with zero attached hydrogens (tertiary/aromatic N) is 4. The van der Waals surface area contributed by atoms with E-state index in [4.69, 9.17) is 4.74 Å². The molecule has 1 saturated heterocycles. The number of carboxylic acids is 1. The van der Waals surface area contributed by atoms with Gasteiger partial charge in [-0.15, -0.1) is 38.3 Å². The van der Waals surface area contributed by atoms with E-state index in [-0.39, 0.29) is 16.2 Å². The number of rotatable bonds is 9. The van der Waals surface area contributed by atoms with Crippen LogP contribution < -0.4 is 10.1 Å². The summed E-state index contributed by atoms with van der Waals surface area (Å²) in [5, 5.41) is 32.4. The first-order valence-corrected chi connectivity index (χ1v) is 15.4. The summed E-state index contributed by atoms with van der Waals surface area (Å²) in [5.41, 5.74) is -0.131. The highest BCUT2D eigenvalue weighted by Gasteiger charge is 2.54. The van der Waals surface area contributed by atoms with Crippen molar-refractivity contribution in [1.29, 1.82) is 0 Å². The number of thioether (sulfide) groups is 2. The van der Waals surface area contributed by atoms with Crippen molar-refractivity contribution in [3.05, 3.63) is 32.2 Å². The van der Waals surface area contributed by atoms with E-state index in [0.29, 0.717) is 27.8 Å². The fraction of sp³-hybridized carbons (Fsp3) is 0.500. The molecule has 4 N–H and O–H groups in total. The molecule has 2 aromatic heterocycles. The van der Waals surface area contributed by atoms with Crippen LogP contribution in [0.1, 0.15) is 44.0 Å². The lowest BCUT2D eigenvalue weighted by molar-refractivity contribution is -0.151. The third kappa shape index (κ3) is 6.54. The molecule has 210 valence electrons. The molecule has 2 aliphatic rings. The lowest BCUT2D eigenvalue weighted by Gasteiger charge is -2.49. The van der Waals surface area contributed by atoms with Crippen molar-refractivity contribution in [2.45, 2.75) is 61.6 Å². The van der Waals surface area contributed by atoms with Gasteiger partial charge in [-0.2, -0.15) is 0 Å². The van der Waals surface area contributed by atoms with Crippen molar-refractivity contribution in [3.63, 3.8) is 0 Å². The Morgan fingerprint density at radius 3 is 2.77 bits per heavy atom. The summed E-state index contributed by atoms with van der Waals surface area (Å²) in [4.78, 5) is 57.5. The second-order valence-corrected chi connectivity index (χ2v) is 13.5. The zero-order valence-electron chi connectivity index (χ0n) is 21.3. The van der Waals surface area contributed by atoms with Crippen LogP contribution >= 0.6 is 46.2 Å². The highest BCUT2D eigenvalue weighted by molar-refractivity contribution is 8.01. The summed E-state index contributed by atoms with van der Waals surface area (Å²) in [7, 11) is 0. The highest BCUT2D eigenvalue weighted by atomic mass is 32.2. The molecule has 1 fully saturated rings. The number of nitrogens with one attached hydrogen (secondary N) is 2. The van der Waals surface area contributed by atoms with Crippen molar-refractivity contribution >= 4 is 70.1 Å². The third-order valence-electron chi connectivity index (χ3n) is 5.92. The molecule has 4 heterocycles. The number of aromatic amines is 1. The van der Waals surface area contributed by atoms with Crippen molar-refractivity contribution < 1.29 is 34.1 Å². The van der Waals surface area contributed by atoms with Crippen LogP contribution in [-0.4, -0.2) is 82.7 Å². The van der Waals surface area contributed by atoms with Crippen LogP contribution in [0.15, 0.2) is 26.0 Å². The normalized spacial score (nSPS) is 20.4. The van der Waals surface area contributed by atoms with E-state index in [2.05, 4.69) is 25.5 Å². The summed E-state index contributed by atoms with van der Waals surface area (Å²) in [5.74, 6) is -1.97. The second-order valence-electron chi connectivity index (χ2n) is 9.15. The van der Waals surface area contributed by atoms with Gasteiger partial charge in [0.05, 0.1) is 5.69 Å². The Hall–Kier alpha value is -2.73. The number of carbonyl (C=O) groups excluding carboxylic acids is 3. The zero-order chi connectivity index (χ0) is 28.5. The van der Waals surface area contributed by atoms with Gasteiger partial charge in [0, 0.05) is 16.9 Å². The number of aromatic nitrogens is 3. The number of amides is 3. The number of carboxylic acid groups (broad SMARTS) is 1. The van der Waals surface area contributed by atoms with E-state index in [0.717, 1.165) is 16.3 Å². The molecule has 0 radical (unpaired) electrons. The Balaban J connectivity index is 1.40. The van der Waals surface area contributed by atoms with E-state index in [9.17, 15) is 29.4 Å². The molecule has 0 saturated carbocycles. The summed E-state index contributed by atoms with van der Waals surface area (Å²) in [6, 6.07) is -0.999. The maximum Gasteiger partial charge on any atom is 0.436 e. The van der Waals surface area contributed by atoms with Gasteiger partial charge in [0.2, 0.25) is 0 Å². The molecule has 4 rings (SSSR count). The molecular weight excluding hydrogens is 589 g/mol. The smallest absolute Gasteiger partial charge is 0.436 e. The predicted molar refractivity (Wildman–Crippen MR) is 145 cm³/mol. The standard InChI is InChI=1S/C22H26N6O7S4/c1-5-22(3,4)35-20(34)25-19-23-11(8-37-19)14(29)15(30)24-12-16(31)28-13(18(32)33)10(6-36-17(12)28)7-38-21-27-26-9(2)39-21/h8,12,14,17,29H,5-7H2,1-4H3,(H,24,30)(H,32,33)(H,23,25,34)/t12?,14?,17-/m1/s1. The highest BCUT2D eigenvalue weighted by Crippen LogP contribution is 2.42. The van der Waals surface area contributed by atoms with E-state index < -0.39 is 47.0 Å². The van der Waals surface area contributed by atoms with Gasteiger partial charge in [0.1, 0.15) is 27.7 Å². The lowest BCUT2D eigenvalue weighted by atomic mass is 10.0. The molecule has 39 heavy (non-hydrogen) atoms. The van der Waals surface area contributed by atoms with Gasteiger partial charge in [0.25, 0.3) is 11.8 Å². The number of hydrogen-bond donors (Lipinski definition) is 4. The van der Waals surface area contributed by atoms with Crippen molar-refractivity contribution in [1.82, 2.24) is 25.4 Å². The van der Waals surface area contributed by atoms with Crippen LogP contribution in [0, 0.1) is 6.92 Å². The summed E-state index contributed by atoms with van der Waals surface area (Å²) in [6.45, 7) is 7.20. The number of aliphatic hydroxyl groups is 1. The van der Waals surface area contributed by atoms with E-state index in [1.165, 1.54) is 45.1 Å². The Kier molecular flexibility index (Phi) is 8.85. The van der Waals surface area contributed by atoms with Crippen molar-refractivity contribution in [2.24, 2.45) is 4.99 Å². The van der Waals surface area contributed by atoms with E-state index in [1.54, 1.807) is 13.8 Å². The van der Waals surface area contributed by atoms with Crippen molar-refractivity contribution in [2.75, 3.05) is 11.5 Å². The summed E-state index contributed by atoms with van der Waals surface area (Å²) in [6.07, 6.45) is -1.88. The molecule has 2 unspecified atom stereocenters. The molecule has 0 aromatic carbocycles. The van der Waals surface area contributed by atoms with E-state index >= 15 is 0 Å². The zero-order valence-corrected chi connectivity index (χ0v) is 24.6. The Morgan fingerprint density at radius 1 is 1.38 bits per heavy atom. The Morgan fingerprint density at radius 2 is 2.13 bits per heavy atom. The van der Waals surface area contributed by atoms with Gasteiger partial charge in [-0.1, -0.05) is 30.0 Å². The number of β-lactam (4-membered cyclic amide) rings is 1. The van der Waals surface area contributed by atoms with Gasteiger partial charge in [-0.25, -0.2) is 9.59 Å². The molecule has 17 heteroatoms. The fourth-order valence-corrected chi connectivity index (χ4v) is 7.59. The number of aryl methyl sites for hydroxylation is 1. The van der Waals surface area contributed by atoms with Crippen LogP contribution in [0.4, 0.5) is 4.79 Å². The first-order valence-electron chi connectivity index (χ1n) is 11.7. The summed E-state index contributed by atoms with van der Waals surface area (Å²) < 4.78 is 5.96. The van der Waals surface area contributed by atoms with Crippen LogP contribution in [-0.2, 0) is 19.1 Å². The summed E-state index contributed by atoms with van der Waals surface area (Å²) >= 11 is 5.08. The molecule has 3 atom stereocenters. The fourth-order valence-electron chi connectivity index (χ4n) is 3.56. The van der Waals surface area contributed by atoms with Gasteiger partial charge in [-0.05, 0) is 32.8 Å². The van der Waals surface area contributed by atoms with Gasteiger partial charge in [0.15, 0.2) is 15.2 Å². The lowest BCUT2D eigenvalue weighted by Crippen LogP contribution is -2.70. The molecule has 0 aliphatic carbocycles. The van der Waals surface area contributed by atoms with Gasteiger partial charge in [-0.3, -0.25) is 14.5 Å². The molecule has 13 nitrogen and oxygen atoms in total. The Labute approximate surface area is 239 Å². The van der Waals surface area contributed by atoms with Gasteiger partial charge >= 0.3 is 12.1 Å². The first-order chi connectivity index (χ1) is 18.4. The van der Waals surface area contributed by atoms with Crippen LogP contribution in [0.25, 0.3) is 0 Å². The molecule has 0 bridgehead atoms. The number of H-pyrrole nitrogens is 1. The number of fused-ring (bicyclic) bond motifs is 1. The topological polar surface area (TPSA) is 187 Å². The van der Waals surface area contributed by atoms with Crippen LogP contribution in [0.2, 0.25) is 0 Å². The second kappa shape index (κ2) is 11.8. The average Bonchev–Trinajstić information content (AvgIpc) is 3.52. The minimum absolute atomic E-state index is 0.0797. The van der Waals surface area contributed by atoms with E-state index in [1.807, 2.05) is 13.8 Å². The largest absolute Gasteiger partial charge is 0.477 e. The molecule has 2 aromatic rings. The number of ether oxygens (including phenoxy) is 1. The number of carbonyl (C=O) groups is 4. The minimum Gasteiger partial charge on any atom is -0.477 e. The number of aliphatic carboxylic acids is 1. The molecular formula is C22H26N6O7S4. The molecule has 3 amide bonds. The minimum atomic E-state index is -1.67. The third-order valence-corrected chi connectivity index (χ3v) is 10.1. The maximum atomic E-state index is 12.9. The number of thiazole rings is 1. The number of aliphatic hydroxyl groups excluding tert-OH is 1. The number of hydrogen-bond acceptors (Lipinski definition) is 12. The van der Waals surface area contributed by atoms with Gasteiger partial charge < -0.3 is 25.3 Å². The Bertz CT molecular complexity index is 1400. The molecule has 0 spiro atoms. The predicted octanol–water partition coefficient (Wildman–Crippen LogP) is 2.03. The maximum absolute atomic E-state index is 12.9. The average molecular weight is 615 g/mol. The first kappa shape index (κ1) is 29.3.